The second-order valence-electron chi connectivity index (χ2n) is 8.35. The van der Waals surface area contributed by atoms with Gasteiger partial charge in [0.05, 0.1) is 37.4 Å². The van der Waals surface area contributed by atoms with E-state index in [0.29, 0.717) is 30.7 Å². The normalized spacial score (nSPS) is 11.5. The van der Waals surface area contributed by atoms with Crippen LogP contribution in [0.3, 0.4) is 0 Å². The molecule has 3 aromatic heterocycles. The van der Waals surface area contributed by atoms with Crippen molar-refractivity contribution in [3.63, 3.8) is 0 Å². The van der Waals surface area contributed by atoms with Gasteiger partial charge in [0.25, 0.3) is 0 Å². The number of nitrogens with zero attached hydrogens (tertiary/aromatic N) is 3. The fourth-order valence-corrected chi connectivity index (χ4v) is 4.69. The molecule has 0 unspecified atom stereocenters. The van der Waals surface area contributed by atoms with Crippen molar-refractivity contribution in [2.45, 2.75) is 19.3 Å². The summed E-state index contributed by atoms with van der Waals surface area (Å²) in [6.07, 6.45) is 4.42. The van der Waals surface area contributed by atoms with Crippen LogP contribution in [0.4, 0.5) is 0 Å². The first kappa shape index (κ1) is 24.4. The first-order valence-electron chi connectivity index (χ1n) is 11.1. The number of ether oxygens (including phenoxy) is 2. The smallest absolute Gasteiger partial charge is 0.356 e. The number of aryl methyl sites for hydroxylation is 1. The van der Waals surface area contributed by atoms with Crippen LogP contribution in [0.15, 0.2) is 60.8 Å². The molecule has 35 heavy (non-hydrogen) atoms. The molecule has 0 aliphatic carbocycles. The summed E-state index contributed by atoms with van der Waals surface area (Å²) < 4.78 is 35.2. The highest BCUT2D eigenvalue weighted by atomic mass is 32.2. The molecule has 3 heterocycles. The van der Waals surface area contributed by atoms with Crippen LogP contribution in [0.1, 0.15) is 33.7 Å². The monoisotopic (exact) mass is 493 g/mol. The number of esters is 1. The van der Waals surface area contributed by atoms with E-state index in [9.17, 15) is 13.2 Å². The number of rotatable bonds is 9. The number of benzene rings is 1. The molecule has 4 aromatic rings. The van der Waals surface area contributed by atoms with Gasteiger partial charge in [0.2, 0.25) is 0 Å². The number of sulfone groups is 1. The van der Waals surface area contributed by atoms with Crippen molar-refractivity contribution in [3.8, 4) is 17.0 Å². The zero-order valence-electron chi connectivity index (χ0n) is 19.9. The molecule has 0 saturated carbocycles. The SMILES string of the molecule is COC(=O)c1cc(CCCS(C)(=O)=O)cc(Cc2c(-c3ccccc3)nn3cc(OC)ccc23)n1. The number of hydrogen-bond donors (Lipinski definition) is 0. The van der Waals surface area contributed by atoms with Crippen molar-refractivity contribution in [2.24, 2.45) is 0 Å². The highest BCUT2D eigenvalue weighted by molar-refractivity contribution is 7.90. The van der Waals surface area contributed by atoms with Crippen LogP contribution in [0.5, 0.6) is 5.75 Å². The van der Waals surface area contributed by atoms with E-state index in [-0.39, 0.29) is 11.4 Å². The molecule has 0 N–H and O–H groups in total. The largest absolute Gasteiger partial charge is 0.495 e. The third-order valence-electron chi connectivity index (χ3n) is 5.66. The minimum atomic E-state index is -3.07. The third-order valence-corrected chi connectivity index (χ3v) is 6.69. The summed E-state index contributed by atoms with van der Waals surface area (Å²) in [4.78, 5) is 16.9. The lowest BCUT2D eigenvalue weighted by molar-refractivity contribution is 0.0593. The van der Waals surface area contributed by atoms with Crippen molar-refractivity contribution in [3.05, 3.63) is 83.3 Å². The Balaban J connectivity index is 1.78. The Bertz CT molecular complexity index is 1460. The van der Waals surface area contributed by atoms with E-state index in [2.05, 4.69) is 4.98 Å². The lowest BCUT2D eigenvalue weighted by Gasteiger charge is -2.09. The van der Waals surface area contributed by atoms with E-state index >= 15 is 0 Å². The number of fused-ring (bicyclic) bond motifs is 1. The number of hydrogen-bond acceptors (Lipinski definition) is 7. The standard InChI is InChI=1S/C26H27N3O5S/c1-33-21-11-12-24-22(25(28-29(24)17-21)19-9-5-4-6-10-19)16-20-14-18(8-7-13-35(3,31)32)15-23(27-20)26(30)34-2/h4-6,9-12,14-15,17H,7-8,13,16H2,1-3H3. The lowest BCUT2D eigenvalue weighted by Crippen LogP contribution is -2.09. The lowest BCUT2D eigenvalue weighted by atomic mass is 10.0. The summed E-state index contributed by atoms with van der Waals surface area (Å²) >= 11 is 0. The fourth-order valence-electron chi connectivity index (χ4n) is 4.02. The molecule has 0 saturated heterocycles. The molecule has 182 valence electrons. The van der Waals surface area contributed by atoms with Gasteiger partial charge >= 0.3 is 5.97 Å². The second-order valence-corrected chi connectivity index (χ2v) is 10.6. The van der Waals surface area contributed by atoms with Crippen molar-refractivity contribution >= 4 is 21.3 Å². The zero-order valence-corrected chi connectivity index (χ0v) is 20.7. The molecule has 9 heteroatoms. The highest BCUT2D eigenvalue weighted by Crippen LogP contribution is 2.29. The molecule has 4 rings (SSSR count). The van der Waals surface area contributed by atoms with Gasteiger partial charge in [-0.05, 0) is 42.7 Å². The van der Waals surface area contributed by atoms with E-state index in [1.165, 1.54) is 13.4 Å². The molecule has 8 nitrogen and oxygen atoms in total. The van der Waals surface area contributed by atoms with E-state index < -0.39 is 15.8 Å². The molecule has 0 aliphatic heterocycles. The molecular weight excluding hydrogens is 466 g/mol. The Hall–Kier alpha value is -3.72. The minimum Gasteiger partial charge on any atom is -0.495 e. The molecule has 0 fully saturated rings. The fraction of sp³-hybridized carbons (Fsp3) is 0.269. The predicted octanol–water partition coefficient (Wildman–Crippen LogP) is 3.76. The molecule has 0 radical (unpaired) electrons. The maximum atomic E-state index is 12.3. The van der Waals surface area contributed by atoms with E-state index in [0.717, 1.165) is 27.9 Å². The second kappa shape index (κ2) is 10.3. The molecule has 0 spiro atoms. The Morgan fingerprint density at radius 2 is 1.83 bits per heavy atom. The van der Waals surface area contributed by atoms with Gasteiger partial charge in [-0.1, -0.05) is 30.3 Å². The van der Waals surface area contributed by atoms with Gasteiger partial charge in [-0.15, -0.1) is 0 Å². The van der Waals surface area contributed by atoms with Gasteiger partial charge in [-0.3, -0.25) is 0 Å². The summed E-state index contributed by atoms with van der Waals surface area (Å²) in [5.74, 6) is 0.223. The first-order chi connectivity index (χ1) is 16.8. The van der Waals surface area contributed by atoms with Crippen molar-refractivity contribution in [1.29, 1.82) is 0 Å². The number of pyridine rings is 2. The topological polar surface area (TPSA) is 99.9 Å². The van der Waals surface area contributed by atoms with Crippen LogP contribution in [-0.4, -0.2) is 55.2 Å². The predicted molar refractivity (Wildman–Crippen MR) is 134 cm³/mol. The van der Waals surface area contributed by atoms with Gasteiger partial charge in [0.1, 0.15) is 21.3 Å². The van der Waals surface area contributed by atoms with E-state index in [1.807, 2.05) is 54.7 Å². The Morgan fingerprint density at radius 1 is 1.06 bits per heavy atom. The van der Waals surface area contributed by atoms with Crippen molar-refractivity contribution in [1.82, 2.24) is 14.6 Å². The maximum Gasteiger partial charge on any atom is 0.356 e. The van der Waals surface area contributed by atoms with Crippen LogP contribution in [0.2, 0.25) is 0 Å². The summed E-state index contributed by atoms with van der Waals surface area (Å²) in [6, 6.07) is 17.3. The summed E-state index contributed by atoms with van der Waals surface area (Å²) in [5.41, 5.74) is 5.32. The minimum absolute atomic E-state index is 0.0756. The van der Waals surface area contributed by atoms with Crippen LogP contribution in [0.25, 0.3) is 16.8 Å². The quantitative estimate of drug-likeness (QED) is 0.327. The van der Waals surface area contributed by atoms with Gasteiger partial charge in [-0.25, -0.2) is 22.7 Å². The van der Waals surface area contributed by atoms with Crippen LogP contribution < -0.4 is 4.74 Å². The van der Waals surface area contributed by atoms with Gasteiger partial charge < -0.3 is 9.47 Å². The van der Waals surface area contributed by atoms with Gasteiger partial charge in [-0.2, -0.15) is 5.10 Å². The summed E-state index contributed by atoms with van der Waals surface area (Å²) in [6.45, 7) is 0. The number of carbonyl (C=O) groups is 1. The first-order valence-corrected chi connectivity index (χ1v) is 13.2. The van der Waals surface area contributed by atoms with Crippen molar-refractivity contribution in [2.75, 3.05) is 26.2 Å². The van der Waals surface area contributed by atoms with Crippen molar-refractivity contribution < 1.29 is 22.7 Å². The number of carbonyl (C=O) groups excluding carboxylic acids is 1. The van der Waals surface area contributed by atoms with Gasteiger partial charge in [0, 0.05) is 29.5 Å². The molecular formula is C26H27N3O5S. The van der Waals surface area contributed by atoms with E-state index in [4.69, 9.17) is 14.6 Å². The molecule has 0 bridgehead atoms. The Labute approximate surface area is 204 Å². The Morgan fingerprint density at radius 3 is 2.51 bits per heavy atom. The van der Waals surface area contributed by atoms with Crippen LogP contribution >= 0.6 is 0 Å². The third kappa shape index (κ3) is 5.86. The Kier molecular flexibility index (Phi) is 7.16. The maximum absolute atomic E-state index is 12.3. The molecule has 0 atom stereocenters. The van der Waals surface area contributed by atoms with Crippen LogP contribution in [0, 0.1) is 0 Å². The highest BCUT2D eigenvalue weighted by Gasteiger charge is 2.18. The average Bonchev–Trinajstić information content (AvgIpc) is 3.20. The molecule has 1 aromatic carbocycles. The van der Waals surface area contributed by atoms with Crippen LogP contribution in [-0.2, 0) is 27.4 Å². The number of aromatic nitrogens is 3. The molecule has 0 amide bonds. The molecule has 0 aliphatic rings. The zero-order chi connectivity index (χ0) is 25.0. The van der Waals surface area contributed by atoms with E-state index in [1.54, 1.807) is 17.7 Å². The van der Waals surface area contributed by atoms with Gasteiger partial charge in [0.15, 0.2) is 0 Å². The average molecular weight is 494 g/mol. The summed E-state index contributed by atoms with van der Waals surface area (Å²) in [5, 5.41) is 4.81. The summed E-state index contributed by atoms with van der Waals surface area (Å²) in [7, 11) is -0.151. The number of methoxy groups -OCH3 is 2.